The molecule has 0 radical (unpaired) electrons. The third kappa shape index (κ3) is 2.95. The van der Waals surface area contributed by atoms with E-state index in [1.165, 1.54) is 6.20 Å². The summed E-state index contributed by atoms with van der Waals surface area (Å²) in [6, 6.07) is 5.29. The highest BCUT2D eigenvalue weighted by atomic mass is 16.4. The predicted octanol–water partition coefficient (Wildman–Crippen LogP) is 1.85. The molecule has 20 heavy (non-hydrogen) atoms. The van der Waals surface area contributed by atoms with Gasteiger partial charge in [-0.15, -0.1) is 0 Å². The number of carbonyl (C=O) groups is 1. The minimum Gasteiger partial charge on any atom is -0.477 e. The summed E-state index contributed by atoms with van der Waals surface area (Å²) in [5.41, 5.74) is 0.898. The molecule has 0 saturated heterocycles. The predicted molar refractivity (Wildman–Crippen MR) is 79.1 cm³/mol. The van der Waals surface area contributed by atoms with Crippen molar-refractivity contribution in [3.8, 4) is 0 Å². The maximum atomic E-state index is 12.0. The summed E-state index contributed by atoms with van der Waals surface area (Å²) in [6.45, 7) is 0.906. The highest BCUT2D eigenvalue weighted by molar-refractivity contribution is 5.92. The van der Waals surface area contributed by atoms with E-state index in [0.717, 1.165) is 18.5 Å². The number of hydrogen-bond acceptors (Lipinski definition) is 3. The van der Waals surface area contributed by atoms with Crippen LogP contribution >= 0.6 is 0 Å². The molecule has 0 amide bonds. The molecule has 0 saturated carbocycles. The number of carboxylic acids is 1. The van der Waals surface area contributed by atoms with E-state index < -0.39 is 11.4 Å². The van der Waals surface area contributed by atoms with Crippen molar-refractivity contribution in [3.05, 3.63) is 51.8 Å². The van der Waals surface area contributed by atoms with E-state index in [4.69, 9.17) is 5.11 Å². The molecule has 0 unspecified atom stereocenters. The van der Waals surface area contributed by atoms with Crippen LogP contribution < -0.4 is 10.7 Å². The number of pyridine rings is 1. The van der Waals surface area contributed by atoms with Gasteiger partial charge in [-0.2, -0.15) is 0 Å². The number of rotatable bonds is 5. The molecule has 0 aliphatic carbocycles. The van der Waals surface area contributed by atoms with Crippen LogP contribution in [0.25, 0.3) is 17.0 Å². The fourth-order valence-corrected chi connectivity index (χ4v) is 1.95. The molecule has 0 fully saturated rings. The van der Waals surface area contributed by atoms with Crippen LogP contribution in [0, 0.1) is 0 Å². The monoisotopic (exact) mass is 272 g/mol. The highest BCUT2D eigenvalue weighted by Gasteiger charge is 2.10. The maximum absolute atomic E-state index is 12.0. The zero-order chi connectivity index (χ0) is 14.5. The van der Waals surface area contributed by atoms with Crippen molar-refractivity contribution in [1.29, 1.82) is 0 Å². The average Bonchev–Trinajstić information content (AvgIpc) is 2.43. The van der Waals surface area contributed by atoms with Gasteiger partial charge in [0.25, 0.3) is 0 Å². The van der Waals surface area contributed by atoms with Crippen molar-refractivity contribution in [2.24, 2.45) is 0 Å². The Morgan fingerprint density at radius 1 is 1.45 bits per heavy atom. The maximum Gasteiger partial charge on any atom is 0.341 e. The van der Waals surface area contributed by atoms with Gasteiger partial charge in [-0.3, -0.25) is 4.79 Å². The van der Waals surface area contributed by atoms with Crippen LogP contribution in [-0.4, -0.2) is 29.7 Å². The van der Waals surface area contributed by atoms with Gasteiger partial charge in [-0.25, -0.2) is 4.79 Å². The molecule has 0 atom stereocenters. The summed E-state index contributed by atoms with van der Waals surface area (Å²) < 4.78 is 0. The molecule has 5 heteroatoms. The summed E-state index contributed by atoms with van der Waals surface area (Å²) in [4.78, 5) is 25.7. The Labute approximate surface area is 115 Å². The van der Waals surface area contributed by atoms with Crippen LogP contribution in [0.2, 0.25) is 0 Å². The summed E-state index contributed by atoms with van der Waals surface area (Å²) in [7, 11) is 1.90. The Morgan fingerprint density at radius 2 is 2.25 bits per heavy atom. The van der Waals surface area contributed by atoms with Gasteiger partial charge in [0.2, 0.25) is 5.43 Å². The fourth-order valence-electron chi connectivity index (χ4n) is 1.95. The lowest BCUT2D eigenvalue weighted by Gasteiger charge is -2.01. The molecule has 3 N–H and O–H groups in total. The molecule has 0 bridgehead atoms. The SMILES string of the molecule is CNCCC=Cc1ccc2c(=O)c(C(=O)O)c[nH]c2c1. The Balaban J connectivity index is 2.37. The van der Waals surface area contributed by atoms with E-state index in [0.29, 0.717) is 10.9 Å². The van der Waals surface area contributed by atoms with Gasteiger partial charge in [0.15, 0.2) is 0 Å². The van der Waals surface area contributed by atoms with Gasteiger partial charge in [-0.05, 0) is 37.7 Å². The Kier molecular flexibility index (Phi) is 4.32. The largest absolute Gasteiger partial charge is 0.477 e. The number of H-pyrrole nitrogens is 1. The molecule has 1 aromatic heterocycles. The summed E-state index contributed by atoms with van der Waals surface area (Å²) >= 11 is 0. The first-order valence-electron chi connectivity index (χ1n) is 6.33. The Morgan fingerprint density at radius 3 is 2.95 bits per heavy atom. The van der Waals surface area contributed by atoms with E-state index in [1.807, 2.05) is 25.3 Å². The minimum atomic E-state index is -1.22. The van der Waals surface area contributed by atoms with Gasteiger partial charge in [0.1, 0.15) is 5.56 Å². The zero-order valence-electron chi connectivity index (χ0n) is 11.1. The molecule has 2 rings (SSSR count). The second-order valence-corrected chi connectivity index (χ2v) is 4.44. The van der Waals surface area contributed by atoms with Crippen molar-refractivity contribution in [2.75, 3.05) is 13.6 Å². The Hall–Kier alpha value is -2.40. The molecule has 0 aliphatic heterocycles. The molecule has 2 aromatic rings. The summed E-state index contributed by atoms with van der Waals surface area (Å²) in [6.07, 6.45) is 6.17. The van der Waals surface area contributed by atoms with Crippen LogP contribution in [0.4, 0.5) is 0 Å². The third-order valence-corrected chi connectivity index (χ3v) is 3.01. The second kappa shape index (κ2) is 6.16. The van der Waals surface area contributed by atoms with Crippen molar-refractivity contribution in [2.45, 2.75) is 6.42 Å². The smallest absolute Gasteiger partial charge is 0.341 e. The number of carboxylic acid groups (broad SMARTS) is 1. The number of aromatic amines is 1. The first-order chi connectivity index (χ1) is 9.63. The first-order valence-corrected chi connectivity index (χ1v) is 6.33. The lowest BCUT2D eigenvalue weighted by atomic mass is 10.1. The topological polar surface area (TPSA) is 82.2 Å². The lowest BCUT2D eigenvalue weighted by Crippen LogP contribution is -2.15. The minimum absolute atomic E-state index is 0.241. The molecule has 5 nitrogen and oxygen atoms in total. The normalized spacial score (nSPS) is 11.2. The third-order valence-electron chi connectivity index (χ3n) is 3.01. The average molecular weight is 272 g/mol. The van der Waals surface area contributed by atoms with E-state index in [9.17, 15) is 9.59 Å². The van der Waals surface area contributed by atoms with Crippen LogP contribution in [0.1, 0.15) is 22.3 Å². The van der Waals surface area contributed by atoms with E-state index in [-0.39, 0.29) is 5.56 Å². The summed E-state index contributed by atoms with van der Waals surface area (Å²) in [5, 5.41) is 12.3. The van der Waals surface area contributed by atoms with Gasteiger partial charge in [0.05, 0.1) is 0 Å². The number of nitrogens with one attached hydrogen (secondary N) is 2. The zero-order valence-corrected chi connectivity index (χ0v) is 11.1. The Bertz CT molecular complexity index is 717. The van der Waals surface area contributed by atoms with Crippen LogP contribution in [0.15, 0.2) is 35.3 Å². The van der Waals surface area contributed by atoms with E-state index >= 15 is 0 Å². The van der Waals surface area contributed by atoms with Gasteiger partial charge >= 0.3 is 5.97 Å². The van der Waals surface area contributed by atoms with Crippen molar-refractivity contribution >= 4 is 22.9 Å². The molecule has 0 spiro atoms. The molecule has 0 aliphatic rings. The molecular formula is C15H16N2O3. The number of hydrogen-bond donors (Lipinski definition) is 3. The van der Waals surface area contributed by atoms with Gasteiger partial charge in [0, 0.05) is 17.1 Å². The number of aromatic carboxylic acids is 1. The molecule has 1 heterocycles. The van der Waals surface area contributed by atoms with E-state index in [1.54, 1.807) is 12.1 Å². The number of benzene rings is 1. The standard InChI is InChI=1S/C15H16N2O3/c1-16-7-3-2-4-10-5-6-11-13(8-10)17-9-12(14(11)18)15(19)20/h2,4-6,8-9,16H,3,7H2,1H3,(H,17,18)(H,19,20). The molecule has 1 aromatic carbocycles. The highest BCUT2D eigenvalue weighted by Crippen LogP contribution is 2.12. The quantitative estimate of drug-likeness (QED) is 0.725. The number of fused-ring (bicyclic) bond motifs is 1. The van der Waals surface area contributed by atoms with Crippen LogP contribution in [0.5, 0.6) is 0 Å². The van der Waals surface area contributed by atoms with Crippen molar-refractivity contribution in [3.63, 3.8) is 0 Å². The summed E-state index contributed by atoms with van der Waals surface area (Å²) in [5.74, 6) is -1.22. The molecule has 104 valence electrons. The van der Waals surface area contributed by atoms with E-state index in [2.05, 4.69) is 10.3 Å². The van der Waals surface area contributed by atoms with Crippen LogP contribution in [-0.2, 0) is 0 Å². The van der Waals surface area contributed by atoms with Crippen LogP contribution in [0.3, 0.4) is 0 Å². The number of aromatic nitrogens is 1. The fraction of sp³-hybridized carbons (Fsp3) is 0.200. The molecular weight excluding hydrogens is 256 g/mol. The van der Waals surface area contributed by atoms with Gasteiger partial charge in [-0.1, -0.05) is 18.2 Å². The van der Waals surface area contributed by atoms with Gasteiger partial charge < -0.3 is 15.4 Å². The van der Waals surface area contributed by atoms with Crippen molar-refractivity contribution < 1.29 is 9.90 Å². The second-order valence-electron chi connectivity index (χ2n) is 4.44. The lowest BCUT2D eigenvalue weighted by molar-refractivity contribution is 0.0695. The van der Waals surface area contributed by atoms with Crippen molar-refractivity contribution in [1.82, 2.24) is 10.3 Å². The first kappa shape index (κ1) is 14.0.